The third-order valence-corrected chi connectivity index (χ3v) is 4.91. The Labute approximate surface area is 180 Å². The van der Waals surface area contributed by atoms with E-state index in [1.54, 1.807) is 21.1 Å². The SMILES string of the molecule is C[N+](C)(C)CC(O)(CC(=O)[O-])C(=O)CCCCCCCN[C@@H](CCCCN)C(=O)O. The molecule has 2 atom stereocenters. The molecule has 0 saturated carbocycles. The van der Waals surface area contributed by atoms with Crippen LogP contribution in [0.4, 0.5) is 0 Å². The zero-order valence-corrected chi connectivity index (χ0v) is 18.8. The number of aliphatic hydroxyl groups is 1. The molecule has 0 saturated heterocycles. The lowest BCUT2D eigenvalue weighted by Gasteiger charge is -2.34. The van der Waals surface area contributed by atoms with Gasteiger partial charge in [-0.3, -0.25) is 9.59 Å². The van der Waals surface area contributed by atoms with E-state index in [-0.39, 0.29) is 17.4 Å². The summed E-state index contributed by atoms with van der Waals surface area (Å²) < 4.78 is 0.270. The highest BCUT2D eigenvalue weighted by Gasteiger charge is 2.40. The quantitative estimate of drug-likeness (QED) is 0.160. The fraction of sp³-hybridized carbons (Fsp3) is 0.857. The van der Waals surface area contributed by atoms with E-state index in [4.69, 9.17) is 5.73 Å². The molecule has 0 aliphatic rings. The van der Waals surface area contributed by atoms with E-state index in [1.807, 2.05) is 0 Å². The maximum absolute atomic E-state index is 12.4. The zero-order chi connectivity index (χ0) is 23.2. The minimum Gasteiger partial charge on any atom is -0.550 e. The number of carbonyl (C=O) groups is 3. The number of carboxylic acid groups (broad SMARTS) is 2. The largest absolute Gasteiger partial charge is 0.550 e. The van der Waals surface area contributed by atoms with Crippen LogP contribution in [0.1, 0.15) is 64.2 Å². The number of carbonyl (C=O) groups excluding carboxylic acids is 2. The molecule has 0 fully saturated rings. The molecule has 30 heavy (non-hydrogen) atoms. The van der Waals surface area contributed by atoms with Crippen LogP contribution in [0.5, 0.6) is 0 Å². The Morgan fingerprint density at radius 2 is 1.63 bits per heavy atom. The van der Waals surface area contributed by atoms with Crippen molar-refractivity contribution in [2.24, 2.45) is 5.73 Å². The Bertz CT molecular complexity index is 535. The lowest BCUT2D eigenvalue weighted by Crippen LogP contribution is -2.56. The first-order chi connectivity index (χ1) is 13.9. The van der Waals surface area contributed by atoms with Crippen LogP contribution in [0, 0.1) is 0 Å². The van der Waals surface area contributed by atoms with Crippen molar-refractivity contribution in [3.63, 3.8) is 0 Å². The molecule has 176 valence electrons. The van der Waals surface area contributed by atoms with Gasteiger partial charge in [0.25, 0.3) is 0 Å². The van der Waals surface area contributed by atoms with Gasteiger partial charge in [-0.2, -0.15) is 0 Å². The molecule has 1 unspecified atom stereocenters. The second-order valence-corrected chi connectivity index (χ2v) is 9.10. The molecule has 9 heteroatoms. The highest BCUT2D eigenvalue weighted by atomic mass is 16.4. The van der Waals surface area contributed by atoms with Crippen molar-refractivity contribution in [3.05, 3.63) is 0 Å². The van der Waals surface area contributed by atoms with Crippen molar-refractivity contribution in [2.75, 3.05) is 40.8 Å². The molecule has 9 nitrogen and oxygen atoms in total. The van der Waals surface area contributed by atoms with Crippen molar-refractivity contribution < 1.29 is 34.2 Å². The summed E-state index contributed by atoms with van der Waals surface area (Å²) in [6.45, 7) is 1.20. The van der Waals surface area contributed by atoms with E-state index in [0.717, 1.165) is 38.5 Å². The average molecular weight is 432 g/mol. The number of rotatable bonds is 19. The summed E-state index contributed by atoms with van der Waals surface area (Å²) in [6, 6.07) is -0.545. The van der Waals surface area contributed by atoms with Gasteiger partial charge in [-0.25, -0.2) is 0 Å². The number of nitrogens with zero attached hydrogens (tertiary/aromatic N) is 1. The summed E-state index contributed by atoms with van der Waals surface area (Å²) >= 11 is 0. The molecule has 0 bridgehead atoms. The second kappa shape index (κ2) is 14.5. The molecule has 0 aromatic rings. The van der Waals surface area contributed by atoms with E-state index < -0.39 is 35.8 Å². The van der Waals surface area contributed by atoms with E-state index in [9.17, 15) is 29.7 Å². The highest BCUT2D eigenvalue weighted by molar-refractivity contribution is 5.90. The van der Waals surface area contributed by atoms with Crippen molar-refractivity contribution in [1.29, 1.82) is 0 Å². The Morgan fingerprint density at radius 3 is 2.17 bits per heavy atom. The molecule has 0 aromatic carbocycles. The summed E-state index contributed by atoms with van der Waals surface area (Å²) in [5.41, 5.74) is 3.52. The Morgan fingerprint density at radius 1 is 1.03 bits per heavy atom. The van der Waals surface area contributed by atoms with Crippen LogP contribution >= 0.6 is 0 Å². The first-order valence-electron chi connectivity index (χ1n) is 10.8. The number of ketones is 1. The molecule has 0 amide bonds. The van der Waals surface area contributed by atoms with E-state index in [0.29, 0.717) is 25.9 Å². The molecule has 0 rings (SSSR count). The maximum Gasteiger partial charge on any atom is 0.320 e. The number of quaternary nitrogens is 1. The van der Waals surface area contributed by atoms with Gasteiger partial charge in [-0.1, -0.05) is 25.7 Å². The van der Waals surface area contributed by atoms with Crippen LogP contribution in [-0.2, 0) is 14.4 Å². The van der Waals surface area contributed by atoms with Crippen LogP contribution in [0.2, 0.25) is 0 Å². The first-order valence-corrected chi connectivity index (χ1v) is 10.8. The van der Waals surface area contributed by atoms with Gasteiger partial charge in [0.2, 0.25) is 0 Å². The molecular weight excluding hydrogens is 390 g/mol. The standard InChI is InChI=1S/C21H41N3O6/c1-24(2,3)16-21(30,15-19(26)27)18(25)12-7-5-4-6-10-14-23-17(20(28)29)11-8-9-13-22/h17,23,30H,4-16,22H2,1-3H3,(H-,26,27,28,29)/t17-,21?/m0/s1. The number of Topliss-reactive ketones (excluding diaryl/α,β-unsaturated/α-hetero) is 1. The van der Waals surface area contributed by atoms with Gasteiger partial charge in [0, 0.05) is 18.8 Å². The van der Waals surface area contributed by atoms with Crippen LogP contribution < -0.4 is 16.2 Å². The predicted octanol–water partition coefficient (Wildman–Crippen LogP) is -0.355. The molecule has 0 aliphatic carbocycles. The molecule has 0 aromatic heterocycles. The lowest BCUT2D eigenvalue weighted by atomic mass is 9.89. The molecule has 0 spiro atoms. The number of hydrogen-bond acceptors (Lipinski definition) is 7. The van der Waals surface area contributed by atoms with Gasteiger partial charge >= 0.3 is 5.97 Å². The Hall–Kier alpha value is -1.55. The fourth-order valence-corrected chi connectivity index (χ4v) is 3.52. The smallest absolute Gasteiger partial charge is 0.320 e. The van der Waals surface area contributed by atoms with Crippen molar-refractivity contribution in [1.82, 2.24) is 5.32 Å². The number of aliphatic carboxylic acids is 2. The van der Waals surface area contributed by atoms with Crippen LogP contribution in [0.25, 0.3) is 0 Å². The molecular formula is C21H41N3O6. The summed E-state index contributed by atoms with van der Waals surface area (Å²) in [7, 11) is 5.36. The number of nitrogens with one attached hydrogen (secondary N) is 1. The van der Waals surface area contributed by atoms with Gasteiger partial charge in [0.05, 0.1) is 21.1 Å². The maximum atomic E-state index is 12.4. The second-order valence-electron chi connectivity index (χ2n) is 9.10. The molecule has 5 N–H and O–H groups in total. The van der Waals surface area contributed by atoms with Crippen molar-refractivity contribution in [3.8, 4) is 0 Å². The summed E-state index contributed by atoms with van der Waals surface area (Å²) in [6.07, 6.45) is 5.59. The van der Waals surface area contributed by atoms with E-state index in [2.05, 4.69) is 5.32 Å². The van der Waals surface area contributed by atoms with E-state index >= 15 is 0 Å². The number of carboxylic acids is 2. The minimum absolute atomic E-state index is 0.0154. The average Bonchev–Trinajstić information content (AvgIpc) is 2.59. The molecule has 0 aliphatic heterocycles. The Kier molecular flexibility index (Phi) is 13.7. The third kappa shape index (κ3) is 13.6. The van der Waals surface area contributed by atoms with Crippen LogP contribution in [0.15, 0.2) is 0 Å². The van der Waals surface area contributed by atoms with Gasteiger partial charge in [0.1, 0.15) is 12.6 Å². The minimum atomic E-state index is -1.91. The van der Waals surface area contributed by atoms with Crippen LogP contribution in [-0.4, -0.2) is 84.8 Å². The number of likely N-dealkylation sites (N-methyl/N-ethyl adjacent to an activating group) is 1. The summed E-state index contributed by atoms with van der Waals surface area (Å²) in [4.78, 5) is 34.6. The van der Waals surface area contributed by atoms with Gasteiger partial charge in [-0.15, -0.1) is 0 Å². The summed E-state index contributed by atoms with van der Waals surface area (Å²) in [5, 5.41) is 33.8. The normalized spacial score (nSPS) is 14.8. The molecule has 0 radical (unpaired) electrons. The highest BCUT2D eigenvalue weighted by Crippen LogP contribution is 2.19. The fourth-order valence-electron chi connectivity index (χ4n) is 3.52. The molecule has 0 heterocycles. The Balaban J connectivity index is 4.14. The van der Waals surface area contributed by atoms with Gasteiger partial charge in [-0.05, 0) is 38.8 Å². The summed E-state index contributed by atoms with van der Waals surface area (Å²) in [5.74, 6) is -2.74. The topological polar surface area (TPSA) is 153 Å². The number of nitrogens with two attached hydrogens (primary N) is 1. The van der Waals surface area contributed by atoms with Crippen LogP contribution in [0.3, 0.4) is 0 Å². The monoisotopic (exact) mass is 431 g/mol. The zero-order valence-electron chi connectivity index (χ0n) is 18.8. The van der Waals surface area contributed by atoms with Crippen molar-refractivity contribution >= 4 is 17.7 Å². The number of hydrogen-bond donors (Lipinski definition) is 4. The third-order valence-electron chi connectivity index (χ3n) is 4.91. The predicted molar refractivity (Wildman–Crippen MR) is 113 cm³/mol. The number of unbranched alkanes of at least 4 members (excludes halogenated alkanes) is 5. The van der Waals surface area contributed by atoms with Gasteiger partial charge < -0.3 is 35.6 Å². The first kappa shape index (κ1) is 28.5. The van der Waals surface area contributed by atoms with Crippen molar-refractivity contribution in [2.45, 2.75) is 75.9 Å². The van der Waals surface area contributed by atoms with Gasteiger partial charge in [0.15, 0.2) is 11.4 Å². The lowest BCUT2D eigenvalue weighted by molar-refractivity contribution is -0.875. The van der Waals surface area contributed by atoms with E-state index in [1.165, 1.54) is 0 Å².